The lowest BCUT2D eigenvalue weighted by Gasteiger charge is -2.18. The number of H-pyrrole nitrogens is 1. The molecule has 2 aromatic heterocycles. The maximum absolute atomic E-state index is 12.7. The van der Waals surface area contributed by atoms with Gasteiger partial charge in [-0.25, -0.2) is 9.97 Å². The summed E-state index contributed by atoms with van der Waals surface area (Å²) in [4.78, 5) is 63.4. The molecule has 1 unspecified atom stereocenters. The smallest absolute Gasteiger partial charge is 0.303 e. The highest BCUT2D eigenvalue weighted by molar-refractivity contribution is 5.98. The van der Waals surface area contributed by atoms with E-state index in [1.165, 1.54) is 0 Å². The lowest BCUT2D eigenvalue weighted by atomic mass is 9.98. The maximum atomic E-state index is 12.7. The van der Waals surface area contributed by atoms with E-state index in [0.29, 0.717) is 35.0 Å². The highest BCUT2D eigenvalue weighted by atomic mass is 16.4. The van der Waals surface area contributed by atoms with Crippen LogP contribution in [0.1, 0.15) is 55.0 Å². The Kier molecular flexibility index (Phi) is 8.24. The highest BCUT2D eigenvalue weighted by Gasteiger charge is 2.23. The van der Waals surface area contributed by atoms with E-state index in [9.17, 15) is 19.2 Å². The molecule has 1 aromatic carbocycles. The summed E-state index contributed by atoms with van der Waals surface area (Å²) in [6.45, 7) is 5.74. The normalized spacial score (nSPS) is 11.9. The number of benzene rings is 1. The molecule has 2 heterocycles. The van der Waals surface area contributed by atoms with Crippen LogP contribution in [0.25, 0.3) is 11.2 Å². The van der Waals surface area contributed by atoms with Gasteiger partial charge in [-0.05, 0) is 43.5 Å². The van der Waals surface area contributed by atoms with Gasteiger partial charge in [-0.1, -0.05) is 13.8 Å². The van der Waals surface area contributed by atoms with E-state index in [-0.39, 0.29) is 36.5 Å². The van der Waals surface area contributed by atoms with Crippen molar-refractivity contribution in [3.8, 4) is 0 Å². The summed E-state index contributed by atoms with van der Waals surface area (Å²) in [5, 5.41) is 14.8. The van der Waals surface area contributed by atoms with E-state index in [1.807, 2.05) is 13.8 Å². The Morgan fingerprint density at radius 1 is 1.11 bits per heavy atom. The van der Waals surface area contributed by atoms with Crippen molar-refractivity contribution in [3.63, 3.8) is 0 Å². The minimum Gasteiger partial charge on any atom is -0.481 e. The molecule has 0 fully saturated rings. The van der Waals surface area contributed by atoms with E-state index in [4.69, 9.17) is 5.11 Å². The lowest BCUT2D eigenvalue weighted by Crippen LogP contribution is -2.41. The van der Waals surface area contributed by atoms with Gasteiger partial charge in [-0.3, -0.25) is 19.2 Å². The van der Waals surface area contributed by atoms with Crippen LogP contribution >= 0.6 is 0 Å². The molecule has 11 heteroatoms. The SMILES string of the molecule is Cc1nc(=O)c2nc(CNc3ccc(C(=O)NC(CCC(=O)O)C(=O)CC(C)C)cc3)cnc2[nH]1. The standard InChI is InChI=1S/C24H28N6O5/c1-13(2)10-19(31)18(8-9-20(32)33)30-23(34)15-4-6-16(7-5-15)25-11-17-12-26-22-21(29-17)24(35)28-14(3)27-22/h4-7,12-13,18,25H,8-11H2,1-3H3,(H,30,34)(H,32,33)(H,26,27,28,35). The Morgan fingerprint density at radius 2 is 1.83 bits per heavy atom. The number of fused-ring (bicyclic) bond motifs is 1. The van der Waals surface area contributed by atoms with Gasteiger partial charge in [0.25, 0.3) is 5.91 Å². The second-order valence-electron chi connectivity index (χ2n) is 8.64. The molecule has 1 atom stereocenters. The zero-order chi connectivity index (χ0) is 25.5. The second-order valence-corrected chi connectivity index (χ2v) is 8.64. The number of carboxylic acids is 1. The third-order valence-electron chi connectivity index (χ3n) is 5.16. The van der Waals surface area contributed by atoms with Gasteiger partial charge in [0.05, 0.1) is 24.5 Å². The zero-order valence-electron chi connectivity index (χ0n) is 19.8. The Hall–Kier alpha value is -4.15. The summed E-state index contributed by atoms with van der Waals surface area (Å²) >= 11 is 0. The van der Waals surface area contributed by atoms with Crippen molar-refractivity contribution in [1.82, 2.24) is 25.3 Å². The zero-order valence-corrected chi connectivity index (χ0v) is 19.8. The van der Waals surface area contributed by atoms with Crippen molar-refractivity contribution in [1.29, 1.82) is 0 Å². The molecule has 184 valence electrons. The van der Waals surface area contributed by atoms with Crippen LogP contribution in [-0.4, -0.2) is 48.7 Å². The molecule has 0 aliphatic heterocycles. The number of hydrogen-bond acceptors (Lipinski definition) is 8. The van der Waals surface area contributed by atoms with Crippen molar-refractivity contribution >= 4 is 34.5 Å². The molecule has 0 aliphatic rings. The summed E-state index contributed by atoms with van der Waals surface area (Å²) in [5.74, 6) is -1.10. The molecule has 0 radical (unpaired) electrons. The molecular formula is C24H28N6O5. The molecule has 0 spiro atoms. The summed E-state index contributed by atoms with van der Waals surface area (Å²) in [7, 11) is 0. The van der Waals surface area contributed by atoms with Crippen LogP contribution in [0.2, 0.25) is 0 Å². The van der Waals surface area contributed by atoms with Gasteiger partial charge in [0.2, 0.25) is 0 Å². The number of carbonyl (C=O) groups excluding carboxylic acids is 2. The third kappa shape index (κ3) is 7.16. The van der Waals surface area contributed by atoms with E-state index >= 15 is 0 Å². The van der Waals surface area contributed by atoms with Crippen LogP contribution in [0.3, 0.4) is 0 Å². The van der Waals surface area contributed by atoms with E-state index in [1.54, 1.807) is 37.4 Å². The molecule has 11 nitrogen and oxygen atoms in total. The second kappa shape index (κ2) is 11.3. The Bertz CT molecular complexity index is 1290. The van der Waals surface area contributed by atoms with Crippen molar-refractivity contribution in [2.24, 2.45) is 5.92 Å². The topological polar surface area (TPSA) is 167 Å². The van der Waals surface area contributed by atoms with Crippen LogP contribution in [0, 0.1) is 12.8 Å². The average molecular weight is 481 g/mol. The Balaban J connectivity index is 1.63. The van der Waals surface area contributed by atoms with Crippen molar-refractivity contribution in [3.05, 3.63) is 57.9 Å². The van der Waals surface area contributed by atoms with Gasteiger partial charge >= 0.3 is 11.5 Å². The first-order valence-electron chi connectivity index (χ1n) is 11.2. The number of carboxylic acid groups (broad SMARTS) is 1. The molecule has 0 saturated heterocycles. The third-order valence-corrected chi connectivity index (χ3v) is 5.16. The number of aliphatic carboxylic acids is 1. The van der Waals surface area contributed by atoms with Gasteiger partial charge in [-0.15, -0.1) is 0 Å². The van der Waals surface area contributed by atoms with Crippen LogP contribution in [-0.2, 0) is 16.1 Å². The van der Waals surface area contributed by atoms with Gasteiger partial charge < -0.3 is 20.7 Å². The summed E-state index contributed by atoms with van der Waals surface area (Å²) in [6.07, 6.45) is 1.64. The highest BCUT2D eigenvalue weighted by Crippen LogP contribution is 2.13. The Morgan fingerprint density at radius 3 is 2.49 bits per heavy atom. The number of Topliss-reactive ketones (excluding diaryl/α,β-unsaturated/α-hetero) is 1. The van der Waals surface area contributed by atoms with Crippen LogP contribution in [0.15, 0.2) is 35.3 Å². The first-order chi connectivity index (χ1) is 16.6. The lowest BCUT2D eigenvalue weighted by molar-refractivity contribution is -0.137. The van der Waals surface area contributed by atoms with Crippen LogP contribution in [0.5, 0.6) is 0 Å². The fourth-order valence-corrected chi connectivity index (χ4v) is 3.46. The largest absolute Gasteiger partial charge is 0.481 e. The minimum absolute atomic E-state index is 0.0387. The molecule has 3 rings (SSSR count). The first-order valence-corrected chi connectivity index (χ1v) is 11.2. The van der Waals surface area contributed by atoms with E-state index in [0.717, 1.165) is 0 Å². The number of amides is 1. The Labute approximate surface area is 201 Å². The number of hydrogen-bond donors (Lipinski definition) is 4. The average Bonchev–Trinajstić information content (AvgIpc) is 2.80. The number of ketones is 1. The predicted octanol–water partition coefficient (Wildman–Crippen LogP) is 2.21. The number of nitrogens with one attached hydrogen (secondary N) is 3. The van der Waals surface area contributed by atoms with E-state index in [2.05, 4.69) is 30.6 Å². The monoisotopic (exact) mass is 480 g/mol. The van der Waals surface area contributed by atoms with Crippen LogP contribution in [0.4, 0.5) is 5.69 Å². The number of aromatic nitrogens is 4. The molecule has 3 aromatic rings. The van der Waals surface area contributed by atoms with Crippen LogP contribution < -0.4 is 16.2 Å². The quantitative estimate of drug-likeness (QED) is 0.322. The number of carbonyl (C=O) groups is 3. The molecule has 0 aliphatic carbocycles. The van der Waals surface area contributed by atoms with E-state index < -0.39 is 23.5 Å². The summed E-state index contributed by atoms with van der Waals surface area (Å²) in [5.41, 5.74) is 1.67. The minimum atomic E-state index is -1.02. The number of rotatable bonds is 11. The summed E-state index contributed by atoms with van der Waals surface area (Å²) < 4.78 is 0. The number of nitrogens with zero attached hydrogens (tertiary/aromatic N) is 3. The molecule has 0 bridgehead atoms. The van der Waals surface area contributed by atoms with Gasteiger partial charge in [0.1, 0.15) is 5.82 Å². The number of aryl methyl sites for hydroxylation is 1. The molecule has 1 amide bonds. The fraction of sp³-hybridized carbons (Fsp3) is 0.375. The van der Waals surface area contributed by atoms with Gasteiger partial charge in [0, 0.05) is 24.1 Å². The van der Waals surface area contributed by atoms with Gasteiger partial charge in [-0.2, -0.15) is 4.98 Å². The number of anilines is 1. The maximum Gasteiger partial charge on any atom is 0.303 e. The van der Waals surface area contributed by atoms with Crippen molar-refractivity contribution in [2.75, 3.05) is 5.32 Å². The van der Waals surface area contributed by atoms with Gasteiger partial charge in [0.15, 0.2) is 16.9 Å². The first kappa shape index (κ1) is 25.5. The molecule has 4 N–H and O–H groups in total. The summed E-state index contributed by atoms with van der Waals surface area (Å²) in [6, 6.07) is 5.74. The van der Waals surface area contributed by atoms with Crippen molar-refractivity contribution in [2.45, 2.75) is 52.6 Å². The molecule has 35 heavy (non-hydrogen) atoms. The molecule has 0 saturated carbocycles. The fourth-order valence-electron chi connectivity index (χ4n) is 3.46. The predicted molar refractivity (Wildman–Crippen MR) is 129 cm³/mol. The number of aromatic amines is 1. The van der Waals surface area contributed by atoms with Crippen molar-refractivity contribution < 1.29 is 19.5 Å². The molecular weight excluding hydrogens is 452 g/mol.